The molecule has 0 bridgehead atoms. The number of benzene rings is 3. The molecule has 0 aliphatic carbocycles. The first-order valence-electron chi connectivity index (χ1n) is 12.4. The molecule has 0 saturated carbocycles. The van der Waals surface area contributed by atoms with E-state index in [1.54, 1.807) is 0 Å². The molecule has 0 spiro atoms. The van der Waals surface area contributed by atoms with Gasteiger partial charge in [0.2, 0.25) is 10.0 Å². The number of unbranched alkanes of at least 4 members (excludes halogenated alkanes) is 1. The Morgan fingerprint density at radius 2 is 1.84 bits per heavy atom. The van der Waals surface area contributed by atoms with Gasteiger partial charge in [0.15, 0.2) is 0 Å². The molecule has 202 valence electrons. The average molecular weight is 543 g/mol. The molecule has 10 heteroatoms. The maximum atomic E-state index is 15.9. The van der Waals surface area contributed by atoms with Crippen molar-refractivity contribution < 1.29 is 32.6 Å². The molecular weight excluding hydrogens is 511 g/mol. The zero-order valence-corrected chi connectivity index (χ0v) is 22.1. The number of carboxylic acid groups (broad SMARTS) is 1. The van der Waals surface area contributed by atoms with Crippen LogP contribution in [0.1, 0.15) is 36.5 Å². The van der Waals surface area contributed by atoms with E-state index in [1.165, 1.54) is 41.7 Å². The molecule has 1 heterocycles. The number of aliphatic hydroxyl groups is 1. The summed E-state index contributed by atoms with van der Waals surface area (Å²) in [7, 11) is -2.51. The third-order valence-electron chi connectivity index (χ3n) is 6.73. The van der Waals surface area contributed by atoms with Gasteiger partial charge in [0, 0.05) is 36.4 Å². The summed E-state index contributed by atoms with van der Waals surface area (Å²) in [5, 5.41) is 18.7. The molecule has 3 aromatic carbocycles. The number of anilines is 2. The van der Waals surface area contributed by atoms with Gasteiger partial charge in [-0.2, -0.15) is 4.31 Å². The van der Waals surface area contributed by atoms with E-state index in [9.17, 15) is 23.4 Å². The summed E-state index contributed by atoms with van der Waals surface area (Å²) in [5.41, 5.74) is 0.783. The second-order valence-corrected chi connectivity index (χ2v) is 11.1. The van der Waals surface area contributed by atoms with E-state index in [1.807, 2.05) is 42.2 Å². The van der Waals surface area contributed by atoms with Gasteiger partial charge >= 0.3 is 5.97 Å². The first-order valence-corrected chi connectivity index (χ1v) is 13.9. The molecule has 1 aliphatic rings. The lowest BCUT2D eigenvalue weighted by Crippen LogP contribution is -2.40. The lowest BCUT2D eigenvalue weighted by atomic mass is 10.00. The van der Waals surface area contributed by atoms with Crippen molar-refractivity contribution in [2.24, 2.45) is 0 Å². The molecule has 0 radical (unpaired) electrons. The van der Waals surface area contributed by atoms with Crippen LogP contribution in [0.5, 0.6) is 5.75 Å². The van der Waals surface area contributed by atoms with E-state index in [-0.39, 0.29) is 52.3 Å². The second kappa shape index (κ2) is 11.5. The summed E-state index contributed by atoms with van der Waals surface area (Å²) in [5.74, 6) is -1.83. The average Bonchev–Trinajstić information content (AvgIpc) is 2.98. The van der Waals surface area contributed by atoms with Crippen molar-refractivity contribution in [1.29, 1.82) is 0 Å². The Balaban J connectivity index is 1.96. The van der Waals surface area contributed by atoms with Gasteiger partial charge in [-0.3, -0.25) is 0 Å². The number of likely N-dealkylation sites (N-methyl/N-ethyl adjacent to an activating group) is 1. The van der Waals surface area contributed by atoms with Gasteiger partial charge in [0.1, 0.15) is 23.1 Å². The predicted molar refractivity (Wildman–Crippen MR) is 143 cm³/mol. The number of fused-ring (bicyclic) bond motifs is 1. The summed E-state index contributed by atoms with van der Waals surface area (Å²) >= 11 is 0. The van der Waals surface area contributed by atoms with E-state index in [0.29, 0.717) is 13.0 Å². The number of carboxylic acids is 1. The minimum atomic E-state index is -4.05. The maximum absolute atomic E-state index is 15.9. The van der Waals surface area contributed by atoms with Crippen LogP contribution in [0.15, 0.2) is 65.6 Å². The lowest BCUT2D eigenvalue weighted by Gasteiger charge is -2.29. The fourth-order valence-corrected chi connectivity index (χ4v) is 6.24. The number of hydrogen-bond acceptors (Lipinski definition) is 6. The molecule has 1 aliphatic heterocycles. The van der Waals surface area contributed by atoms with Crippen molar-refractivity contribution in [2.75, 3.05) is 31.7 Å². The zero-order chi connectivity index (χ0) is 27.4. The number of carbonyl (C=O) groups is 1. The van der Waals surface area contributed by atoms with Crippen molar-refractivity contribution in [3.05, 3.63) is 72.0 Å². The van der Waals surface area contributed by atoms with Gasteiger partial charge in [-0.15, -0.1) is 0 Å². The SMILES string of the molecule is CCCC[C@@H]1CN(c2ccccc2)c2cc(F)c(-c3cc(C(=O)O)ccc3OCCO)cc2S(=O)(=O)N1C. The van der Waals surface area contributed by atoms with Gasteiger partial charge in [-0.1, -0.05) is 38.0 Å². The predicted octanol–water partition coefficient (Wildman–Crippen LogP) is 4.89. The van der Waals surface area contributed by atoms with Crippen molar-refractivity contribution in [1.82, 2.24) is 4.31 Å². The van der Waals surface area contributed by atoms with Gasteiger partial charge in [0.05, 0.1) is 17.9 Å². The van der Waals surface area contributed by atoms with Crippen LogP contribution < -0.4 is 9.64 Å². The number of rotatable bonds is 9. The molecule has 0 saturated heterocycles. The van der Waals surface area contributed by atoms with Gasteiger partial charge < -0.3 is 19.8 Å². The van der Waals surface area contributed by atoms with Crippen LogP contribution in [-0.4, -0.2) is 61.8 Å². The minimum absolute atomic E-state index is 0.0783. The zero-order valence-electron chi connectivity index (χ0n) is 21.3. The van der Waals surface area contributed by atoms with E-state index in [0.717, 1.165) is 18.5 Å². The molecule has 0 unspecified atom stereocenters. The Kier molecular flexibility index (Phi) is 8.35. The highest BCUT2D eigenvalue weighted by Gasteiger charge is 2.37. The smallest absolute Gasteiger partial charge is 0.335 e. The number of halogens is 1. The summed E-state index contributed by atoms with van der Waals surface area (Å²) in [6.45, 7) is 1.97. The number of aliphatic hydroxyl groups excluding tert-OH is 1. The van der Waals surface area contributed by atoms with Gasteiger partial charge in [-0.05, 0) is 48.9 Å². The van der Waals surface area contributed by atoms with E-state index < -0.39 is 21.8 Å². The fraction of sp³-hybridized carbons (Fsp3) is 0.321. The van der Waals surface area contributed by atoms with E-state index in [4.69, 9.17) is 4.74 Å². The van der Waals surface area contributed by atoms with Gasteiger partial charge in [-0.25, -0.2) is 17.6 Å². The van der Waals surface area contributed by atoms with Crippen LogP contribution in [0.3, 0.4) is 0 Å². The minimum Gasteiger partial charge on any atom is -0.491 e. The third-order valence-corrected chi connectivity index (χ3v) is 8.67. The van der Waals surface area contributed by atoms with Crippen molar-refractivity contribution in [3.63, 3.8) is 0 Å². The molecule has 0 aromatic heterocycles. The second-order valence-electron chi connectivity index (χ2n) is 9.15. The highest BCUT2D eigenvalue weighted by atomic mass is 32.2. The van der Waals surface area contributed by atoms with Crippen LogP contribution in [0.2, 0.25) is 0 Å². The highest BCUT2D eigenvalue weighted by molar-refractivity contribution is 7.89. The number of hydrogen-bond donors (Lipinski definition) is 2. The number of nitrogens with zero attached hydrogens (tertiary/aromatic N) is 2. The third kappa shape index (κ3) is 5.38. The molecule has 2 N–H and O–H groups in total. The van der Waals surface area contributed by atoms with Gasteiger partial charge in [0.25, 0.3) is 0 Å². The Morgan fingerprint density at radius 1 is 1.11 bits per heavy atom. The van der Waals surface area contributed by atoms with Crippen LogP contribution in [0, 0.1) is 5.82 Å². The molecular formula is C28H31FN2O6S. The molecule has 0 amide bonds. The standard InChI is InChI=1S/C28H31FN2O6S/c1-3-4-8-21-18-31(20-9-6-5-7-10-20)25-17-24(29)22(16-27(25)38(35,36)30(21)2)23-15-19(28(33)34)11-12-26(23)37-14-13-32/h5-7,9-12,15-17,21,32H,3-4,8,13-14,18H2,1-2H3,(H,33,34)/t21-/m1/s1. The molecule has 4 rings (SSSR count). The molecule has 38 heavy (non-hydrogen) atoms. The van der Waals surface area contributed by atoms with Crippen LogP contribution in [0.4, 0.5) is 15.8 Å². The summed E-state index contributed by atoms with van der Waals surface area (Å²) in [4.78, 5) is 13.4. The first-order chi connectivity index (χ1) is 18.2. The normalized spacial score (nSPS) is 17.1. The monoisotopic (exact) mass is 542 g/mol. The van der Waals surface area contributed by atoms with Crippen LogP contribution >= 0.6 is 0 Å². The quantitative estimate of drug-likeness (QED) is 0.396. The number of sulfonamides is 1. The van der Waals surface area contributed by atoms with E-state index in [2.05, 4.69) is 0 Å². The Labute approximate surface area is 221 Å². The van der Waals surface area contributed by atoms with Crippen molar-refractivity contribution in [2.45, 2.75) is 37.1 Å². The number of ether oxygens (including phenoxy) is 1. The number of para-hydroxylation sites is 1. The van der Waals surface area contributed by atoms with Crippen molar-refractivity contribution in [3.8, 4) is 16.9 Å². The largest absolute Gasteiger partial charge is 0.491 e. The fourth-order valence-electron chi connectivity index (χ4n) is 4.66. The first kappa shape index (κ1) is 27.6. The summed E-state index contributed by atoms with van der Waals surface area (Å²) in [6, 6.07) is 15.2. The molecule has 1 atom stereocenters. The Bertz CT molecular complexity index is 1410. The summed E-state index contributed by atoms with van der Waals surface area (Å²) in [6.07, 6.45) is 2.37. The van der Waals surface area contributed by atoms with Crippen LogP contribution in [0.25, 0.3) is 11.1 Å². The molecule has 8 nitrogen and oxygen atoms in total. The lowest BCUT2D eigenvalue weighted by molar-refractivity contribution is 0.0696. The topological polar surface area (TPSA) is 107 Å². The Hall–Kier alpha value is -3.47. The Morgan fingerprint density at radius 3 is 2.50 bits per heavy atom. The molecule has 0 fully saturated rings. The highest BCUT2D eigenvalue weighted by Crippen LogP contribution is 2.43. The van der Waals surface area contributed by atoms with Crippen molar-refractivity contribution >= 4 is 27.4 Å². The maximum Gasteiger partial charge on any atom is 0.335 e. The molecule has 3 aromatic rings. The van der Waals surface area contributed by atoms with E-state index >= 15 is 4.39 Å². The van der Waals surface area contributed by atoms with Crippen LogP contribution in [-0.2, 0) is 10.0 Å². The summed E-state index contributed by atoms with van der Waals surface area (Å²) < 4.78 is 50.6. The number of aromatic carboxylic acids is 1.